The number of thiazole rings is 1. The lowest BCUT2D eigenvalue weighted by molar-refractivity contribution is -0.660. The van der Waals surface area contributed by atoms with Crippen LogP contribution in [-0.4, -0.2) is 4.98 Å². The fourth-order valence-corrected chi connectivity index (χ4v) is 4.66. The summed E-state index contributed by atoms with van der Waals surface area (Å²) >= 11 is 1.71. The molecule has 4 aromatic rings. The van der Waals surface area contributed by atoms with Crippen molar-refractivity contribution in [1.82, 2.24) is 4.98 Å². The van der Waals surface area contributed by atoms with Gasteiger partial charge in [-0.25, -0.2) is 9.55 Å². The maximum absolute atomic E-state index is 4.68. The Morgan fingerprint density at radius 3 is 2.32 bits per heavy atom. The van der Waals surface area contributed by atoms with Gasteiger partial charge < -0.3 is 0 Å². The fraction of sp³-hybridized carbons (Fsp3) is 0.280. The van der Waals surface area contributed by atoms with Crippen molar-refractivity contribution in [3.8, 4) is 21.8 Å². The Kier molecular flexibility index (Phi) is 4.59. The number of rotatable bonds is 2. The molecule has 0 radical (unpaired) electrons. The predicted octanol–water partition coefficient (Wildman–Crippen LogP) is 6.37. The minimum Gasteiger partial charge on any atom is -0.241 e. The first-order valence-corrected chi connectivity index (χ1v) is 10.6. The van der Waals surface area contributed by atoms with Crippen LogP contribution in [0.1, 0.15) is 37.6 Å². The molecule has 0 atom stereocenters. The molecule has 0 saturated heterocycles. The lowest BCUT2D eigenvalue weighted by Gasteiger charge is -2.23. The van der Waals surface area contributed by atoms with E-state index < -0.39 is 0 Å². The maximum atomic E-state index is 4.68. The minimum atomic E-state index is 0.0741. The third-order valence-electron chi connectivity index (χ3n) is 5.41. The van der Waals surface area contributed by atoms with Gasteiger partial charge in [-0.15, -0.1) is 11.3 Å². The summed E-state index contributed by atoms with van der Waals surface area (Å²) in [5.41, 5.74) is 7.55. The molecule has 2 heterocycles. The second kappa shape index (κ2) is 6.82. The van der Waals surface area contributed by atoms with E-state index in [-0.39, 0.29) is 5.41 Å². The Bertz CT molecular complexity index is 1180. The van der Waals surface area contributed by atoms with Gasteiger partial charge in [-0.3, -0.25) is 0 Å². The van der Waals surface area contributed by atoms with Crippen molar-refractivity contribution in [3.63, 3.8) is 0 Å². The molecule has 0 aliphatic rings. The Morgan fingerprint density at radius 1 is 0.964 bits per heavy atom. The SMILES string of the molecule is Cc1csc(-c2cc[n+](C)c(-c3cc(C(C)(C)C)c4ccccc4c3C)c2)n1. The van der Waals surface area contributed by atoms with Crippen molar-refractivity contribution >= 4 is 22.1 Å². The quantitative estimate of drug-likeness (QED) is 0.365. The molecule has 0 N–H and O–H groups in total. The molecule has 0 bridgehead atoms. The zero-order valence-corrected chi connectivity index (χ0v) is 18.3. The van der Waals surface area contributed by atoms with Crippen molar-refractivity contribution in [2.24, 2.45) is 7.05 Å². The monoisotopic (exact) mass is 387 g/mol. The molecule has 2 aromatic heterocycles. The fourth-order valence-electron chi connectivity index (χ4n) is 3.86. The van der Waals surface area contributed by atoms with Crippen LogP contribution in [-0.2, 0) is 12.5 Å². The van der Waals surface area contributed by atoms with Gasteiger partial charge in [-0.2, -0.15) is 0 Å². The van der Waals surface area contributed by atoms with E-state index in [4.69, 9.17) is 0 Å². The number of hydrogen-bond acceptors (Lipinski definition) is 2. The second-order valence-electron chi connectivity index (χ2n) is 8.60. The van der Waals surface area contributed by atoms with Crippen LogP contribution in [0.25, 0.3) is 32.6 Å². The third kappa shape index (κ3) is 3.24. The van der Waals surface area contributed by atoms with E-state index in [9.17, 15) is 0 Å². The minimum absolute atomic E-state index is 0.0741. The van der Waals surface area contributed by atoms with Crippen LogP contribution in [0, 0.1) is 13.8 Å². The van der Waals surface area contributed by atoms with Crippen LogP contribution in [0.15, 0.2) is 54.0 Å². The number of aryl methyl sites for hydroxylation is 3. The van der Waals surface area contributed by atoms with Crippen molar-refractivity contribution < 1.29 is 4.57 Å². The van der Waals surface area contributed by atoms with Crippen molar-refractivity contribution in [1.29, 1.82) is 0 Å². The molecule has 2 aromatic carbocycles. The molecule has 142 valence electrons. The van der Waals surface area contributed by atoms with Crippen LogP contribution in [0.4, 0.5) is 0 Å². The molecular weight excluding hydrogens is 360 g/mol. The molecular formula is C25H27N2S+. The van der Waals surface area contributed by atoms with E-state index in [0.29, 0.717) is 0 Å². The van der Waals surface area contributed by atoms with E-state index >= 15 is 0 Å². The van der Waals surface area contributed by atoms with Gasteiger partial charge in [0.2, 0.25) is 5.69 Å². The first-order chi connectivity index (χ1) is 13.3. The first kappa shape index (κ1) is 18.8. The van der Waals surface area contributed by atoms with Gasteiger partial charge in [-0.05, 0) is 47.2 Å². The van der Waals surface area contributed by atoms with Crippen molar-refractivity contribution in [2.75, 3.05) is 0 Å². The normalized spacial score (nSPS) is 11.9. The summed E-state index contributed by atoms with van der Waals surface area (Å²) in [6.07, 6.45) is 2.15. The molecule has 0 unspecified atom stereocenters. The summed E-state index contributed by atoms with van der Waals surface area (Å²) < 4.78 is 2.22. The molecule has 0 spiro atoms. The smallest absolute Gasteiger partial charge is 0.213 e. The average Bonchev–Trinajstić information content (AvgIpc) is 3.08. The summed E-state index contributed by atoms with van der Waals surface area (Å²) in [7, 11) is 2.12. The Morgan fingerprint density at radius 2 is 1.68 bits per heavy atom. The summed E-state index contributed by atoms with van der Waals surface area (Å²) in [5, 5.41) is 5.88. The van der Waals surface area contributed by atoms with Gasteiger partial charge in [-0.1, -0.05) is 45.0 Å². The second-order valence-corrected chi connectivity index (χ2v) is 9.46. The zero-order chi connectivity index (χ0) is 20.1. The molecule has 4 rings (SSSR count). The predicted molar refractivity (Wildman–Crippen MR) is 120 cm³/mol. The van der Waals surface area contributed by atoms with E-state index in [1.807, 2.05) is 6.92 Å². The van der Waals surface area contributed by atoms with Gasteiger partial charge in [0.15, 0.2) is 6.20 Å². The molecule has 2 nitrogen and oxygen atoms in total. The van der Waals surface area contributed by atoms with Gasteiger partial charge in [0, 0.05) is 34.3 Å². The highest BCUT2D eigenvalue weighted by Gasteiger charge is 2.23. The average molecular weight is 388 g/mol. The highest BCUT2D eigenvalue weighted by atomic mass is 32.1. The lowest BCUT2D eigenvalue weighted by atomic mass is 9.80. The largest absolute Gasteiger partial charge is 0.241 e. The number of benzene rings is 2. The number of aromatic nitrogens is 2. The van der Waals surface area contributed by atoms with Gasteiger partial charge >= 0.3 is 0 Å². The van der Waals surface area contributed by atoms with Crippen molar-refractivity contribution in [3.05, 3.63) is 70.9 Å². The Balaban J connectivity index is 2.01. The molecule has 0 amide bonds. The van der Waals surface area contributed by atoms with E-state index in [0.717, 1.165) is 10.7 Å². The first-order valence-electron chi connectivity index (χ1n) is 9.71. The number of fused-ring (bicyclic) bond motifs is 1. The van der Waals surface area contributed by atoms with Crippen molar-refractivity contribution in [2.45, 2.75) is 40.0 Å². The molecule has 28 heavy (non-hydrogen) atoms. The van der Waals surface area contributed by atoms with Gasteiger partial charge in [0.05, 0.1) is 0 Å². The van der Waals surface area contributed by atoms with E-state index in [1.54, 1.807) is 11.3 Å². The molecule has 0 fully saturated rings. The summed E-state index contributed by atoms with van der Waals surface area (Å²) in [5.74, 6) is 0. The maximum Gasteiger partial charge on any atom is 0.213 e. The standard InChI is InChI=1S/C25H27N2S/c1-16-15-28-24(26-16)18-11-12-27(6)23(13-18)21-14-22(25(3,4)5)20-10-8-7-9-19(20)17(21)2/h7-15H,1-6H3/q+1. The Labute approximate surface area is 171 Å². The van der Waals surface area contributed by atoms with E-state index in [2.05, 4.69) is 98.3 Å². The van der Waals surface area contributed by atoms with Crippen LogP contribution >= 0.6 is 11.3 Å². The zero-order valence-electron chi connectivity index (χ0n) is 17.5. The van der Waals surface area contributed by atoms with Crippen LogP contribution < -0.4 is 4.57 Å². The van der Waals surface area contributed by atoms with E-state index in [1.165, 1.54) is 38.7 Å². The topological polar surface area (TPSA) is 16.8 Å². The molecule has 0 saturated carbocycles. The van der Waals surface area contributed by atoms with Gasteiger partial charge in [0.25, 0.3) is 0 Å². The van der Waals surface area contributed by atoms with Gasteiger partial charge in [0.1, 0.15) is 12.1 Å². The summed E-state index contributed by atoms with van der Waals surface area (Å²) in [6.45, 7) is 11.2. The summed E-state index contributed by atoms with van der Waals surface area (Å²) in [6, 6.07) is 15.6. The lowest BCUT2D eigenvalue weighted by Crippen LogP contribution is -2.30. The number of pyridine rings is 1. The van der Waals surface area contributed by atoms with Crippen LogP contribution in [0.5, 0.6) is 0 Å². The molecule has 0 aliphatic carbocycles. The Hall–Kier alpha value is -2.52. The third-order valence-corrected chi connectivity index (χ3v) is 6.42. The van der Waals surface area contributed by atoms with Crippen LogP contribution in [0.3, 0.4) is 0 Å². The van der Waals surface area contributed by atoms with Crippen LogP contribution in [0.2, 0.25) is 0 Å². The number of nitrogens with zero attached hydrogens (tertiary/aromatic N) is 2. The highest BCUT2D eigenvalue weighted by Crippen LogP contribution is 2.37. The molecule has 3 heteroatoms. The number of hydrogen-bond donors (Lipinski definition) is 0. The summed E-state index contributed by atoms with van der Waals surface area (Å²) in [4.78, 5) is 4.68. The highest BCUT2D eigenvalue weighted by molar-refractivity contribution is 7.13. The molecule has 0 aliphatic heterocycles.